The molecule has 4 amide bonds. The van der Waals surface area contributed by atoms with Crippen LogP contribution in [0.15, 0.2) is 41.8 Å². The van der Waals surface area contributed by atoms with Crippen molar-refractivity contribution in [1.29, 1.82) is 0 Å². The molecule has 172 valence electrons. The lowest BCUT2D eigenvalue weighted by molar-refractivity contribution is -0.121. The third kappa shape index (κ3) is 7.95. The predicted molar refractivity (Wildman–Crippen MR) is 123 cm³/mol. The van der Waals surface area contributed by atoms with Crippen LogP contribution in [-0.2, 0) is 20.9 Å². The predicted octanol–water partition coefficient (Wildman–Crippen LogP) is 1.82. The van der Waals surface area contributed by atoms with E-state index < -0.39 is 12.1 Å². The molecule has 1 aromatic heterocycles. The van der Waals surface area contributed by atoms with Crippen molar-refractivity contribution in [2.45, 2.75) is 25.4 Å². The Morgan fingerprint density at radius 3 is 2.66 bits per heavy atom. The highest BCUT2D eigenvalue weighted by Crippen LogP contribution is 2.22. The van der Waals surface area contributed by atoms with Gasteiger partial charge in [0.15, 0.2) is 0 Å². The van der Waals surface area contributed by atoms with E-state index in [4.69, 9.17) is 10.5 Å². The van der Waals surface area contributed by atoms with Gasteiger partial charge >= 0.3 is 6.03 Å². The number of anilines is 1. The van der Waals surface area contributed by atoms with Gasteiger partial charge in [-0.1, -0.05) is 18.2 Å². The fourth-order valence-corrected chi connectivity index (χ4v) is 4.19. The van der Waals surface area contributed by atoms with Crippen LogP contribution in [0.4, 0.5) is 10.5 Å². The van der Waals surface area contributed by atoms with E-state index in [0.717, 1.165) is 23.5 Å². The number of nitrogens with one attached hydrogen (secondary N) is 3. The van der Waals surface area contributed by atoms with Crippen LogP contribution in [0.2, 0.25) is 0 Å². The van der Waals surface area contributed by atoms with Crippen molar-refractivity contribution in [1.82, 2.24) is 15.5 Å². The standard InChI is InChI=1S/C22H29N5O4S/c23-22(30)26-18(19-5-2-12-32-19)14-21(29)24-15-16-3-1-4-17(13-16)25-20(28)6-7-27-8-10-31-11-9-27/h1-5,12-13,18H,6-11,14-15H2,(H,24,29)(H,25,28)(H3,23,26,30). The summed E-state index contributed by atoms with van der Waals surface area (Å²) in [6.07, 6.45) is 0.499. The van der Waals surface area contributed by atoms with Crippen molar-refractivity contribution < 1.29 is 19.1 Å². The molecule has 1 aliphatic rings. The number of rotatable bonds is 10. The zero-order chi connectivity index (χ0) is 22.8. The molecule has 32 heavy (non-hydrogen) atoms. The molecule has 0 spiro atoms. The molecule has 0 radical (unpaired) electrons. The molecular weight excluding hydrogens is 430 g/mol. The number of benzene rings is 1. The summed E-state index contributed by atoms with van der Waals surface area (Å²) in [5, 5.41) is 10.3. The first-order chi connectivity index (χ1) is 15.5. The first kappa shape index (κ1) is 23.7. The Hall–Kier alpha value is -2.95. The Bertz CT molecular complexity index is 899. The minimum Gasteiger partial charge on any atom is -0.379 e. The number of carbonyl (C=O) groups is 3. The normalized spacial score (nSPS) is 15.0. The van der Waals surface area contributed by atoms with Gasteiger partial charge in [0.25, 0.3) is 0 Å². The molecule has 0 saturated carbocycles. The van der Waals surface area contributed by atoms with E-state index in [9.17, 15) is 14.4 Å². The number of thiophene rings is 1. The van der Waals surface area contributed by atoms with Crippen LogP contribution in [0.5, 0.6) is 0 Å². The number of amides is 4. The number of hydrogen-bond donors (Lipinski definition) is 4. The number of nitrogens with zero attached hydrogens (tertiary/aromatic N) is 1. The molecule has 0 bridgehead atoms. The van der Waals surface area contributed by atoms with Gasteiger partial charge in [-0.25, -0.2) is 4.79 Å². The smallest absolute Gasteiger partial charge is 0.312 e. The topological polar surface area (TPSA) is 126 Å². The largest absolute Gasteiger partial charge is 0.379 e. The fraction of sp³-hybridized carbons (Fsp3) is 0.409. The highest BCUT2D eigenvalue weighted by molar-refractivity contribution is 7.10. The number of ether oxygens (including phenoxy) is 1. The summed E-state index contributed by atoms with van der Waals surface area (Å²) in [5.41, 5.74) is 6.79. The number of carbonyl (C=O) groups excluding carboxylic acids is 3. The van der Waals surface area contributed by atoms with Gasteiger partial charge in [0.2, 0.25) is 11.8 Å². The SMILES string of the molecule is NC(=O)NC(CC(=O)NCc1cccc(NC(=O)CCN2CCOCC2)c1)c1cccs1. The summed E-state index contributed by atoms with van der Waals surface area (Å²) in [6.45, 7) is 4.14. The molecule has 9 nitrogen and oxygen atoms in total. The Kier molecular flexibility index (Phi) is 9.02. The van der Waals surface area contributed by atoms with Gasteiger partial charge in [0.05, 0.1) is 25.7 Å². The summed E-state index contributed by atoms with van der Waals surface area (Å²) in [5.74, 6) is -0.258. The van der Waals surface area contributed by atoms with E-state index in [0.29, 0.717) is 38.4 Å². The molecule has 1 aliphatic heterocycles. The number of morpholine rings is 1. The third-order valence-corrected chi connectivity index (χ3v) is 6.04. The molecule has 10 heteroatoms. The molecular formula is C22H29N5O4S. The lowest BCUT2D eigenvalue weighted by atomic mass is 10.1. The molecule has 1 fully saturated rings. The molecule has 2 heterocycles. The number of urea groups is 1. The van der Waals surface area contributed by atoms with Crippen molar-refractivity contribution in [2.75, 3.05) is 38.2 Å². The van der Waals surface area contributed by atoms with Crippen molar-refractivity contribution >= 4 is 34.9 Å². The molecule has 1 aromatic carbocycles. The van der Waals surface area contributed by atoms with E-state index >= 15 is 0 Å². The van der Waals surface area contributed by atoms with Gasteiger partial charge in [0, 0.05) is 43.2 Å². The van der Waals surface area contributed by atoms with Crippen LogP contribution < -0.4 is 21.7 Å². The lowest BCUT2D eigenvalue weighted by Crippen LogP contribution is -2.38. The second-order valence-electron chi connectivity index (χ2n) is 7.51. The molecule has 0 aliphatic carbocycles. The van der Waals surface area contributed by atoms with Gasteiger partial charge < -0.3 is 26.4 Å². The van der Waals surface area contributed by atoms with Crippen LogP contribution in [-0.4, -0.2) is 55.6 Å². The van der Waals surface area contributed by atoms with Crippen LogP contribution in [0.3, 0.4) is 0 Å². The molecule has 1 saturated heterocycles. The van der Waals surface area contributed by atoms with Gasteiger partial charge in [-0.15, -0.1) is 11.3 Å². The molecule has 2 aromatic rings. The molecule has 3 rings (SSSR count). The Balaban J connectivity index is 1.45. The molecule has 5 N–H and O–H groups in total. The minimum absolute atomic E-state index is 0.0472. The summed E-state index contributed by atoms with van der Waals surface area (Å²) in [6, 6.07) is 9.94. The molecule has 1 atom stereocenters. The monoisotopic (exact) mass is 459 g/mol. The van der Waals surface area contributed by atoms with E-state index in [2.05, 4.69) is 20.9 Å². The van der Waals surface area contributed by atoms with Crippen molar-refractivity contribution in [3.05, 3.63) is 52.2 Å². The first-order valence-corrected chi connectivity index (χ1v) is 11.4. The van der Waals surface area contributed by atoms with E-state index in [-0.39, 0.29) is 18.2 Å². The summed E-state index contributed by atoms with van der Waals surface area (Å²) in [4.78, 5) is 39.0. The van der Waals surface area contributed by atoms with Gasteiger partial charge in [-0.2, -0.15) is 0 Å². The van der Waals surface area contributed by atoms with Crippen molar-refractivity contribution in [3.8, 4) is 0 Å². The summed E-state index contributed by atoms with van der Waals surface area (Å²) < 4.78 is 5.32. The maximum Gasteiger partial charge on any atom is 0.312 e. The Morgan fingerprint density at radius 1 is 1.12 bits per heavy atom. The zero-order valence-corrected chi connectivity index (χ0v) is 18.7. The maximum absolute atomic E-state index is 12.4. The number of nitrogens with two attached hydrogens (primary N) is 1. The summed E-state index contributed by atoms with van der Waals surface area (Å²) in [7, 11) is 0. The van der Waals surface area contributed by atoms with Gasteiger partial charge in [0.1, 0.15) is 0 Å². The Labute approximate surface area is 191 Å². The molecule has 1 unspecified atom stereocenters. The van der Waals surface area contributed by atoms with Crippen LogP contribution in [0.1, 0.15) is 29.3 Å². The van der Waals surface area contributed by atoms with Crippen LogP contribution >= 0.6 is 11.3 Å². The summed E-state index contributed by atoms with van der Waals surface area (Å²) >= 11 is 1.45. The minimum atomic E-state index is -0.673. The first-order valence-electron chi connectivity index (χ1n) is 10.5. The maximum atomic E-state index is 12.4. The van der Waals surface area contributed by atoms with Gasteiger partial charge in [-0.3, -0.25) is 14.5 Å². The highest BCUT2D eigenvalue weighted by Gasteiger charge is 2.18. The highest BCUT2D eigenvalue weighted by atomic mass is 32.1. The van der Waals surface area contributed by atoms with E-state index in [1.54, 1.807) is 0 Å². The second kappa shape index (κ2) is 12.2. The van der Waals surface area contributed by atoms with Crippen LogP contribution in [0.25, 0.3) is 0 Å². The van der Waals surface area contributed by atoms with E-state index in [1.165, 1.54) is 11.3 Å². The quantitative estimate of drug-likeness (QED) is 0.431. The van der Waals surface area contributed by atoms with E-state index in [1.807, 2.05) is 41.8 Å². The zero-order valence-electron chi connectivity index (χ0n) is 17.8. The second-order valence-corrected chi connectivity index (χ2v) is 8.49. The lowest BCUT2D eigenvalue weighted by Gasteiger charge is -2.26. The number of primary amides is 1. The van der Waals surface area contributed by atoms with Crippen LogP contribution in [0, 0.1) is 0 Å². The third-order valence-electron chi connectivity index (χ3n) is 5.05. The number of hydrogen-bond acceptors (Lipinski definition) is 6. The Morgan fingerprint density at radius 2 is 1.94 bits per heavy atom. The van der Waals surface area contributed by atoms with Crippen molar-refractivity contribution in [2.24, 2.45) is 5.73 Å². The average Bonchev–Trinajstić information content (AvgIpc) is 3.32. The van der Waals surface area contributed by atoms with Crippen molar-refractivity contribution in [3.63, 3.8) is 0 Å². The van der Waals surface area contributed by atoms with Gasteiger partial charge in [-0.05, 0) is 29.1 Å². The fourth-order valence-electron chi connectivity index (χ4n) is 3.41. The average molecular weight is 460 g/mol.